The predicted octanol–water partition coefficient (Wildman–Crippen LogP) is 8.19. The van der Waals surface area contributed by atoms with Gasteiger partial charge in [-0.3, -0.25) is 4.98 Å². The van der Waals surface area contributed by atoms with Crippen molar-refractivity contribution in [1.29, 1.82) is 0 Å². The van der Waals surface area contributed by atoms with Crippen LogP contribution in [0.4, 0.5) is 0 Å². The van der Waals surface area contributed by atoms with Crippen LogP contribution in [-0.4, -0.2) is 15.0 Å². The van der Waals surface area contributed by atoms with Crippen molar-refractivity contribution in [3.8, 4) is 11.3 Å². The summed E-state index contributed by atoms with van der Waals surface area (Å²) in [6, 6.07) is 19.8. The molecule has 0 saturated heterocycles. The quantitative estimate of drug-likeness (QED) is 0.256. The summed E-state index contributed by atoms with van der Waals surface area (Å²) >= 11 is 0. The predicted molar refractivity (Wildman–Crippen MR) is 144 cm³/mol. The molecule has 172 valence electrons. The summed E-state index contributed by atoms with van der Waals surface area (Å²) in [4.78, 5) is 14.5. The summed E-state index contributed by atoms with van der Waals surface area (Å²) in [7, 11) is 0. The Morgan fingerprint density at radius 3 is 2.24 bits per heavy atom. The van der Waals surface area contributed by atoms with Crippen molar-refractivity contribution in [3.63, 3.8) is 0 Å². The second-order valence-electron chi connectivity index (χ2n) is 11.7. The first-order chi connectivity index (χ1) is 16.0. The third-order valence-corrected chi connectivity index (χ3v) is 6.46. The summed E-state index contributed by atoms with van der Waals surface area (Å²) in [5, 5.41) is 4.77. The van der Waals surface area contributed by atoms with Crippen molar-refractivity contribution in [1.82, 2.24) is 15.0 Å². The third kappa shape index (κ3) is 4.04. The highest BCUT2D eigenvalue weighted by molar-refractivity contribution is 6.13. The maximum Gasteiger partial charge on any atom is 0.116 e. The highest BCUT2D eigenvalue weighted by Gasteiger charge is 2.22. The van der Waals surface area contributed by atoms with E-state index in [0.717, 1.165) is 45.2 Å². The topological polar surface area (TPSA) is 38.7 Å². The van der Waals surface area contributed by atoms with Gasteiger partial charge in [0.2, 0.25) is 0 Å². The summed E-state index contributed by atoms with van der Waals surface area (Å²) in [5.74, 6) is 0. The van der Waals surface area contributed by atoms with Crippen LogP contribution in [0.15, 0.2) is 60.9 Å². The summed E-state index contributed by atoms with van der Waals surface area (Å²) in [6.07, 6.45) is 2.71. The van der Waals surface area contributed by atoms with Gasteiger partial charge in [0, 0.05) is 22.0 Å². The Kier molecular flexibility index (Phi) is 5.20. The molecule has 0 aliphatic rings. The first-order valence-corrected chi connectivity index (χ1v) is 12.1. The van der Waals surface area contributed by atoms with Gasteiger partial charge in [-0.05, 0) is 70.3 Å². The number of aryl methyl sites for hydroxylation is 1. The lowest BCUT2D eigenvalue weighted by molar-refractivity contribution is 0.413. The van der Waals surface area contributed by atoms with Gasteiger partial charge in [0.1, 0.15) is 6.33 Å². The van der Waals surface area contributed by atoms with E-state index in [0.29, 0.717) is 0 Å². The minimum atomic E-state index is -0.0418. The second kappa shape index (κ2) is 7.87. The van der Waals surface area contributed by atoms with Crippen molar-refractivity contribution in [3.05, 3.63) is 77.7 Å². The molecular formula is C31H33N3. The van der Waals surface area contributed by atoms with Crippen LogP contribution in [0.1, 0.15) is 58.4 Å². The smallest absolute Gasteiger partial charge is 0.116 e. The fourth-order valence-corrected chi connectivity index (χ4v) is 4.98. The van der Waals surface area contributed by atoms with Crippen molar-refractivity contribution < 1.29 is 0 Å². The molecular weight excluding hydrogens is 414 g/mol. The summed E-state index contributed by atoms with van der Waals surface area (Å²) in [5.41, 5.74) is 7.94. The number of hydrogen-bond donors (Lipinski definition) is 0. The van der Waals surface area contributed by atoms with E-state index in [1.165, 1.54) is 21.9 Å². The van der Waals surface area contributed by atoms with Crippen LogP contribution in [0, 0.1) is 12.3 Å². The number of pyridine rings is 1. The molecule has 0 aliphatic carbocycles. The van der Waals surface area contributed by atoms with Crippen molar-refractivity contribution >= 4 is 32.6 Å². The Morgan fingerprint density at radius 1 is 0.794 bits per heavy atom. The first-order valence-electron chi connectivity index (χ1n) is 12.1. The first kappa shape index (κ1) is 22.5. The molecule has 0 N–H and O–H groups in total. The monoisotopic (exact) mass is 447 g/mol. The molecule has 2 heterocycles. The van der Waals surface area contributed by atoms with Crippen molar-refractivity contribution in [2.24, 2.45) is 5.41 Å². The maximum atomic E-state index is 4.90. The molecule has 3 heteroatoms. The normalized spacial score (nSPS) is 12.7. The zero-order chi connectivity index (χ0) is 24.3. The largest absolute Gasteiger partial charge is 0.253 e. The van der Waals surface area contributed by atoms with Gasteiger partial charge >= 0.3 is 0 Å². The van der Waals surface area contributed by atoms with Crippen LogP contribution in [0.2, 0.25) is 0 Å². The molecule has 3 nitrogen and oxygen atoms in total. The molecule has 0 radical (unpaired) electrons. The molecule has 0 spiro atoms. The SMILES string of the molecule is Cc1ccc2cc(-c3ncnc4cc(CC(C)(C)C)c5ccccc5c34)cc(C(C)(C)C)c2n1. The molecule has 0 atom stereocenters. The van der Waals surface area contributed by atoms with E-state index in [1.54, 1.807) is 6.33 Å². The highest BCUT2D eigenvalue weighted by Crippen LogP contribution is 2.39. The van der Waals surface area contributed by atoms with Gasteiger partial charge in [-0.1, -0.05) is 71.9 Å². The Labute approximate surface area is 202 Å². The number of benzene rings is 3. The van der Waals surface area contributed by atoms with Crippen LogP contribution < -0.4 is 0 Å². The number of fused-ring (bicyclic) bond motifs is 4. The van der Waals surface area contributed by atoms with Crippen molar-refractivity contribution in [2.45, 2.75) is 60.3 Å². The van der Waals surface area contributed by atoms with Gasteiger partial charge in [0.05, 0.1) is 16.7 Å². The minimum absolute atomic E-state index is 0.0418. The average Bonchev–Trinajstić information content (AvgIpc) is 2.76. The third-order valence-electron chi connectivity index (χ3n) is 6.46. The van der Waals surface area contributed by atoms with Gasteiger partial charge in [-0.2, -0.15) is 0 Å². The van der Waals surface area contributed by atoms with Crippen LogP contribution in [0.25, 0.3) is 43.8 Å². The Morgan fingerprint density at radius 2 is 1.53 bits per heavy atom. The molecule has 3 aromatic carbocycles. The molecule has 2 aromatic heterocycles. The van der Waals surface area contributed by atoms with Gasteiger partial charge in [-0.15, -0.1) is 0 Å². The molecule has 0 fully saturated rings. The van der Waals surface area contributed by atoms with Crippen LogP contribution in [-0.2, 0) is 11.8 Å². The van der Waals surface area contributed by atoms with Crippen LogP contribution in [0.5, 0.6) is 0 Å². The Hall–Kier alpha value is -3.33. The zero-order valence-corrected chi connectivity index (χ0v) is 21.3. The van der Waals surface area contributed by atoms with E-state index in [9.17, 15) is 0 Å². The zero-order valence-electron chi connectivity index (χ0n) is 21.3. The van der Waals surface area contributed by atoms with E-state index in [-0.39, 0.29) is 10.8 Å². The number of nitrogens with zero attached hydrogens (tertiary/aromatic N) is 3. The van der Waals surface area contributed by atoms with E-state index in [1.807, 2.05) is 0 Å². The number of aromatic nitrogens is 3. The number of hydrogen-bond acceptors (Lipinski definition) is 3. The van der Waals surface area contributed by atoms with E-state index in [4.69, 9.17) is 15.0 Å². The standard InChI is InChI=1S/C31H33N3/c1-19-12-13-20-14-21(15-25(28(20)34-19)31(5,6)7)29-27-24-11-9-8-10-23(24)22(17-30(2,3)4)16-26(27)32-18-33-29/h8-16,18H,17H2,1-7H3. The molecule has 0 unspecified atom stereocenters. The van der Waals surface area contributed by atoms with E-state index < -0.39 is 0 Å². The molecule has 5 aromatic rings. The van der Waals surface area contributed by atoms with Crippen LogP contribution in [0.3, 0.4) is 0 Å². The van der Waals surface area contributed by atoms with E-state index in [2.05, 4.69) is 103 Å². The van der Waals surface area contributed by atoms with Crippen LogP contribution >= 0.6 is 0 Å². The van der Waals surface area contributed by atoms with Gasteiger partial charge in [0.15, 0.2) is 0 Å². The number of rotatable bonds is 2. The van der Waals surface area contributed by atoms with Gasteiger partial charge in [0.25, 0.3) is 0 Å². The Balaban J connectivity index is 1.86. The second-order valence-corrected chi connectivity index (χ2v) is 11.7. The molecule has 0 amide bonds. The molecule has 0 saturated carbocycles. The Bertz CT molecular complexity index is 1550. The summed E-state index contributed by atoms with van der Waals surface area (Å²) < 4.78 is 0. The molecule has 34 heavy (non-hydrogen) atoms. The fourth-order valence-electron chi connectivity index (χ4n) is 4.98. The molecule has 0 bridgehead atoms. The maximum absolute atomic E-state index is 4.90. The van der Waals surface area contributed by atoms with Gasteiger partial charge in [-0.25, -0.2) is 9.97 Å². The lowest BCUT2D eigenvalue weighted by atomic mass is 9.83. The average molecular weight is 448 g/mol. The minimum Gasteiger partial charge on any atom is -0.253 e. The highest BCUT2D eigenvalue weighted by atomic mass is 14.8. The molecule has 0 aliphatic heterocycles. The lowest BCUT2D eigenvalue weighted by Crippen LogP contribution is -2.13. The van der Waals surface area contributed by atoms with E-state index >= 15 is 0 Å². The molecule has 5 rings (SSSR count). The summed E-state index contributed by atoms with van der Waals surface area (Å²) in [6.45, 7) is 15.7. The van der Waals surface area contributed by atoms with Crippen molar-refractivity contribution in [2.75, 3.05) is 0 Å². The fraction of sp³-hybridized carbons (Fsp3) is 0.323. The lowest BCUT2D eigenvalue weighted by Gasteiger charge is -2.23. The van der Waals surface area contributed by atoms with Gasteiger partial charge < -0.3 is 0 Å².